The third-order valence-electron chi connectivity index (χ3n) is 2.21. The molecule has 1 heterocycles. The lowest BCUT2D eigenvalue weighted by molar-refractivity contribution is 0.367. The lowest BCUT2D eigenvalue weighted by Crippen LogP contribution is -1.82. The minimum Gasteiger partial charge on any atom is -0.504 e. The van der Waals surface area contributed by atoms with E-state index in [4.69, 9.17) is 0 Å². The van der Waals surface area contributed by atoms with Gasteiger partial charge in [0.1, 0.15) is 0 Å². The maximum atomic E-state index is 9.30. The first-order valence-corrected chi connectivity index (χ1v) is 5.19. The van der Waals surface area contributed by atoms with E-state index in [0.717, 1.165) is 0 Å². The molecule has 0 amide bonds. The normalized spacial score (nSPS) is 10.9. The molecule has 18 heavy (non-hydrogen) atoms. The third-order valence-corrected chi connectivity index (χ3v) is 2.21. The zero-order valence-electron chi connectivity index (χ0n) is 9.35. The largest absolute Gasteiger partial charge is 0.504 e. The summed E-state index contributed by atoms with van der Waals surface area (Å²) >= 11 is 0. The van der Waals surface area contributed by atoms with Crippen LogP contribution in [0.15, 0.2) is 46.8 Å². The van der Waals surface area contributed by atoms with E-state index in [1.54, 1.807) is 24.4 Å². The lowest BCUT2D eigenvalue weighted by Gasteiger charge is -2.02. The van der Waals surface area contributed by atoms with Crippen LogP contribution in [0.2, 0.25) is 0 Å². The summed E-state index contributed by atoms with van der Waals surface area (Å²) in [5.41, 5.74) is 0.530. The Morgan fingerprint density at radius 3 is 2.39 bits per heavy atom. The molecule has 0 aliphatic rings. The molecule has 1 aromatic carbocycles. The van der Waals surface area contributed by atoms with Gasteiger partial charge in [0.15, 0.2) is 23.1 Å². The molecule has 6 heteroatoms. The van der Waals surface area contributed by atoms with E-state index in [0.29, 0.717) is 11.4 Å². The van der Waals surface area contributed by atoms with Crippen LogP contribution in [-0.4, -0.2) is 20.3 Å². The molecule has 0 radical (unpaired) electrons. The van der Waals surface area contributed by atoms with Gasteiger partial charge in [0, 0.05) is 6.20 Å². The van der Waals surface area contributed by atoms with Gasteiger partial charge in [-0.2, -0.15) is 5.11 Å². The molecule has 2 rings (SSSR count). The Bertz CT molecular complexity index is 547. The zero-order chi connectivity index (χ0) is 13.0. The Kier molecular flexibility index (Phi) is 3.38. The summed E-state index contributed by atoms with van der Waals surface area (Å²) in [6, 6.07) is 7.89. The molecule has 0 unspecified atom stereocenters. The van der Waals surface area contributed by atoms with Crippen molar-refractivity contribution in [2.75, 3.05) is 0 Å². The van der Waals surface area contributed by atoms with Crippen LogP contribution in [0.1, 0.15) is 5.56 Å². The average molecular weight is 245 g/mol. The van der Waals surface area contributed by atoms with E-state index in [-0.39, 0.29) is 6.54 Å². The van der Waals surface area contributed by atoms with Gasteiger partial charge in [-0.3, -0.25) is 0 Å². The second-order valence-corrected chi connectivity index (χ2v) is 3.57. The van der Waals surface area contributed by atoms with Gasteiger partial charge >= 0.3 is 0 Å². The number of hydrogen-bond acceptors (Lipinski definition) is 6. The second-order valence-electron chi connectivity index (χ2n) is 3.57. The van der Waals surface area contributed by atoms with Gasteiger partial charge in [0.25, 0.3) is 0 Å². The SMILES string of the molecule is Oc1cc(CN=Nc2ccccn2)cc(O)c1O. The Labute approximate surface area is 103 Å². The highest BCUT2D eigenvalue weighted by Gasteiger charge is 2.07. The first-order chi connectivity index (χ1) is 8.66. The maximum Gasteiger partial charge on any atom is 0.200 e. The highest BCUT2D eigenvalue weighted by Crippen LogP contribution is 2.35. The van der Waals surface area contributed by atoms with Crippen molar-refractivity contribution in [2.24, 2.45) is 10.2 Å². The van der Waals surface area contributed by atoms with Gasteiger partial charge in [0.05, 0.1) is 6.54 Å². The van der Waals surface area contributed by atoms with Crippen LogP contribution in [0.4, 0.5) is 5.82 Å². The van der Waals surface area contributed by atoms with Crippen LogP contribution < -0.4 is 0 Å². The van der Waals surface area contributed by atoms with Gasteiger partial charge in [-0.25, -0.2) is 4.98 Å². The number of rotatable bonds is 3. The Morgan fingerprint density at radius 2 is 1.78 bits per heavy atom. The molecule has 0 aliphatic carbocycles. The highest BCUT2D eigenvalue weighted by atomic mass is 16.3. The molecule has 0 saturated carbocycles. The van der Waals surface area contributed by atoms with Gasteiger partial charge in [-0.15, -0.1) is 5.11 Å². The van der Waals surface area contributed by atoms with Crippen molar-refractivity contribution < 1.29 is 15.3 Å². The molecule has 0 bridgehead atoms. The van der Waals surface area contributed by atoms with Crippen molar-refractivity contribution in [1.82, 2.24) is 4.98 Å². The molecule has 6 nitrogen and oxygen atoms in total. The van der Waals surface area contributed by atoms with E-state index >= 15 is 0 Å². The Morgan fingerprint density at radius 1 is 1.06 bits per heavy atom. The smallest absolute Gasteiger partial charge is 0.200 e. The molecule has 92 valence electrons. The van der Waals surface area contributed by atoms with E-state index in [1.165, 1.54) is 12.1 Å². The summed E-state index contributed by atoms with van der Waals surface area (Å²) in [6.07, 6.45) is 1.60. The fraction of sp³-hybridized carbons (Fsp3) is 0.0833. The highest BCUT2D eigenvalue weighted by molar-refractivity contribution is 5.51. The molecule has 0 spiro atoms. The summed E-state index contributed by atoms with van der Waals surface area (Å²) in [5, 5.41) is 35.5. The summed E-state index contributed by atoms with van der Waals surface area (Å²) in [4.78, 5) is 3.96. The molecule has 0 saturated heterocycles. The standard InChI is InChI=1S/C12H11N3O3/c16-9-5-8(6-10(17)12(9)18)7-14-15-11-3-1-2-4-13-11/h1-6,16-18H,7H2. The molecule has 0 atom stereocenters. The summed E-state index contributed by atoms with van der Waals surface area (Å²) in [5.74, 6) is -0.846. The Hall–Kier alpha value is -2.63. The number of aromatic nitrogens is 1. The van der Waals surface area contributed by atoms with Crippen molar-refractivity contribution in [1.29, 1.82) is 0 Å². The second kappa shape index (κ2) is 5.13. The monoisotopic (exact) mass is 245 g/mol. The van der Waals surface area contributed by atoms with Crippen LogP contribution >= 0.6 is 0 Å². The van der Waals surface area contributed by atoms with Crippen molar-refractivity contribution >= 4 is 5.82 Å². The lowest BCUT2D eigenvalue weighted by atomic mass is 10.2. The van der Waals surface area contributed by atoms with Gasteiger partial charge in [0.2, 0.25) is 0 Å². The van der Waals surface area contributed by atoms with Crippen LogP contribution in [0.25, 0.3) is 0 Å². The predicted octanol–water partition coefficient (Wildman–Crippen LogP) is 2.48. The number of pyridine rings is 1. The number of benzene rings is 1. The minimum absolute atomic E-state index is 0.165. The number of azo groups is 1. The van der Waals surface area contributed by atoms with Crippen molar-refractivity contribution in [3.63, 3.8) is 0 Å². The number of aromatic hydroxyl groups is 3. The van der Waals surface area contributed by atoms with E-state index in [1.807, 2.05) is 0 Å². The zero-order valence-corrected chi connectivity index (χ0v) is 9.35. The number of phenolic OH excluding ortho intramolecular Hbond substituents is 3. The molecule has 3 N–H and O–H groups in total. The minimum atomic E-state index is -0.541. The molecule has 2 aromatic rings. The molecule has 1 aromatic heterocycles. The van der Waals surface area contributed by atoms with Gasteiger partial charge in [-0.05, 0) is 29.8 Å². The molecule has 0 fully saturated rings. The quantitative estimate of drug-likeness (QED) is 0.571. The van der Waals surface area contributed by atoms with Crippen molar-refractivity contribution in [3.8, 4) is 17.2 Å². The number of phenols is 3. The predicted molar refractivity (Wildman–Crippen MR) is 63.9 cm³/mol. The average Bonchev–Trinajstić information content (AvgIpc) is 2.37. The summed E-state index contributed by atoms with van der Waals surface area (Å²) in [6.45, 7) is 0.165. The molecular weight excluding hydrogens is 234 g/mol. The van der Waals surface area contributed by atoms with Crippen LogP contribution in [0.5, 0.6) is 17.2 Å². The van der Waals surface area contributed by atoms with E-state index in [2.05, 4.69) is 15.2 Å². The van der Waals surface area contributed by atoms with Crippen molar-refractivity contribution in [2.45, 2.75) is 6.54 Å². The van der Waals surface area contributed by atoms with Gasteiger partial charge < -0.3 is 15.3 Å². The summed E-state index contributed by atoms with van der Waals surface area (Å²) < 4.78 is 0. The third kappa shape index (κ3) is 2.73. The van der Waals surface area contributed by atoms with E-state index in [9.17, 15) is 15.3 Å². The van der Waals surface area contributed by atoms with Crippen LogP contribution in [-0.2, 0) is 6.54 Å². The Balaban J connectivity index is 2.09. The van der Waals surface area contributed by atoms with E-state index < -0.39 is 17.2 Å². The first kappa shape index (κ1) is 11.8. The molecular formula is C12H11N3O3. The summed E-state index contributed by atoms with van der Waals surface area (Å²) in [7, 11) is 0. The fourth-order valence-corrected chi connectivity index (χ4v) is 1.35. The van der Waals surface area contributed by atoms with Crippen LogP contribution in [0.3, 0.4) is 0 Å². The van der Waals surface area contributed by atoms with Gasteiger partial charge in [-0.1, -0.05) is 6.07 Å². The number of hydrogen-bond donors (Lipinski definition) is 3. The fourth-order valence-electron chi connectivity index (χ4n) is 1.35. The van der Waals surface area contributed by atoms with Crippen LogP contribution in [0, 0.1) is 0 Å². The first-order valence-electron chi connectivity index (χ1n) is 5.19. The topological polar surface area (TPSA) is 98.3 Å². The van der Waals surface area contributed by atoms with Crippen molar-refractivity contribution in [3.05, 3.63) is 42.1 Å². The maximum absolute atomic E-state index is 9.30. The molecule has 0 aliphatic heterocycles. The number of nitrogens with zero attached hydrogens (tertiary/aromatic N) is 3.